The number of nitrogens with two attached hydrogens (primary N) is 1. The number of fused-ring (bicyclic) bond motifs is 1. The normalized spacial score (nSPS) is 13.8. The molecule has 0 atom stereocenters. The number of nitrogens with zero attached hydrogens (tertiary/aromatic N) is 1. The van der Waals surface area contributed by atoms with E-state index >= 15 is 0 Å². The molecule has 6 nitrogen and oxygen atoms in total. The molecule has 2 amide bonds. The summed E-state index contributed by atoms with van der Waals surface area (Å²) in [7, 11) is 0. The van der Waals surface area contributed by atoms with Gasteiger partial charge in [-0.2, -0.15) is 13.2 Å². The van der Waals surface area contributed by atoms with E-state index < -0.39 is 40.7 Å². The molecule has 2 heterocycles. The maximum atomic E-state index is 13.4. The van der Waals surface area contributed by atoms with Gasteiger partial charge in [-0.1, -0.05) is 0 Å². The fourth-order valence-electron chi connectivity index (χ4n) is 2.42. The predicted molar refractivity (Wildman–Crippen MR) is 73.2 cm³/mol. The number of alkyl halides is 3. The van der Waals surface area contributed by atoms with Gasteiger partial charge in [-0.3, -0.25) is 24.3 Å². The van der Waals surface area contributed by atoms with Crippen LogP contribution in [0.1, 0.15) is 26.3 Å². The number of pyridine rings is 1. The van der Waals surface area contributed by atoms with Gasteiger partial charge in [-0.05, 0) is 18.2 Å². The van der Waals surface area contributed by atoms with Crippen LogP contribution in [0.4, 0.5) is 23.4 Å². The number of carbonyl (C=O) groups is 2. The van der Waals surface area contributed by atoms with Crippen molar-refractivity contribution in [1.82, 2.24) is 9.88 Å². The van der Waals surface area contributed by atoms with E-state index in [9.17, 15) is 31.9 Å². The molecule has 0 spiro atoms. The third-order valence-corrected chi connectivity index (χ3v) is 3.47. The lowest BCUT2D eigenvalue weighted by atomic mass is 10.1. The van der Waals surface area contributed by atoms with Gasteiger partial charge in [-0.15, -0.1) is 0 Å². The molecule has 2 aromatic rings. The smallest absolute Gasteiger partial charge is 0.384 e. The van der Waals surface area contributed by atoms with Crippen molar-refractivity contribution in [2.24, 2.45) is 0 Å². The van der Waals surface area contributed by atoms with Crippen molar-refractivity contribution in [3.05, 3.63) is 57.1 Å². The third-order valence-electron chi connectivity index (χ3n) is 3.47. The number of amides is 2. The Morgan fingerprint density at radius 1 is 1.04 bits per heavy atom. The number of imide groups is 1. The largest absolute Gasteiger partial charge is 0.419 e. The summed E-state index contributed by atoms with van der Waals surface area (Å²) in [6, 6.07) is 2.61. The van der Waals surface area contributed by atoms with Gasteiger partial charge >= 0.3 is 6.18 Å². The number of hydrogen-bond donors (Lipinski definition) is 2. The van der Waals surface area contributed by atoms with Crippen molar-refractivity contribution in [2.75, 3.05) is 5.73 Å². The van der Waals surface area contributed by atoms with Crippen molar-refractivity contribution in [1.29, 1.82) is 0 Å². The minimum absolute atomic E-state index is 0.267. The average Bonchev–Trinajstić information content (AvgIpc) is 2.74. The molecule has 10 heteroatoms. The van der Waals surface area contributed by atoms with Gasteiger partial charge in [0.15, 0.2) is 0 Å². The first-order valence-corrected chi connectivity index (χ1v) is 6.39. The minimum atomic E-state index is -4.98. The van der Waals surface area contributed by atoms with Crippen LogP contribution in [0.25, 0.3) is 5.69 Å². The van der Waals surface area contributed by atoms with Crippen molar-refractivity contribution in [3.8, 4) is 5.69 Å². The Labute approximate surface area is 130 Å². The zero-order chi connectivity index (χ0) is 17.8. The van der Waals surface area contributed by atoms with E-state index in [4.69, 9.17) is 5.73 Å². The van der Waals surface area contributed by atoms with Gasteiger partial charge in [0.25, 0.3) is 17.4 Å². The first kappa shape index (κ1) is 15.7. The van der Waals surface area contributed by atoms with Crippen LogP contribution in [0.2, 0.25) is 0 Å². The Balaban J connectivity index is 2.30. The highest BCUT2D eigenvalue weighted by molar-refractivity contribution is 6.23. The zero-order valence-corrected chi connectivity index (χ0v) is 11.6. The van der Waals surface area contributed by atoms with Crippen LogP contribution >= 0.6 is 0 Å². The van der Waals surface area contributed by atoms with Crippen LogP contribution in [-0.2, 0) is 6.18 Å². The summed E-state index contributed by atoms with van der Waals surface area (Å²) >= 11 is 0. The molecular formula is C14H7F4N3O3. The highest BCUT2D eigenvalue weighted by Gasteiger charge is 2.35. The maximum Gasteiger partial charge on any atom is 0.419 e. The predicted octanol–water partition coefficient (Wildman–Crippen LogP) is 1.46. The number of nitrogens with one attached hydrogen (secondary N) is 1. The number of nitrogen functional groups attached to an aromatic ring is 1. The Kier molecular flexibility index (Phi) is 3.22. The van der Waals surface area contributed by atoms with Crippen LogP contribution in [0.5, 0.6) is 0 Å². The van der Waals surface area contributed by atoms with Gasteiger partial charge in [-0.25, -0.2) is 4.39 Å². The lowest BCUT2D eigenvalue weighted by Gasteiger charge is -2.14. The molecule has 3 N–H and O–H groups in total. The number of benzene rings is 1. The van der Waals surface area contributed by atoms with Crippen molar-refractivity contribution in [2.45, 2.75) is 6.18 Å². The summed E-state index contributed by atoms with van der Waals surface area (Å²) in [6.07, 6.45) is -4.98. The summed E-state index contributed by atoms with van der Waals surface area (Å²) in [4.78, 5) is 35.3. The van der Waals surface area contributed by atoms with E-state index in [1.165, 1.54) is 0 Å². The molecule has 1 aromatic carbocycles. The Hall–Kier alpha value is -3.17. The zero-order valence-electron chi connectivity index (χ0n) is 11.6. The van der Waals surface area contributed by atoms with Crippen LogP contribution in [0.3, 0.4) is 0 Å². The monoisotopic (exact) mass is 341 g/mol. The van der Waals surface area contributed by atoms with Crippen LogP contribution in [0, 0.1) is 5.82 Å². The molecule has 0 saturated carbocycles. The van der Waals surface area contributed by atoms with Crippen LogP contribution in [-0.4, -0.2) is 16.4 Å². The van der Waals surface area contributed by atoms with Crippen molar-refractivity contribution in [3.63, 3.8) is 0 Å². The molecule has 1 aliphatic heterocycles. The summed E-state index contributed by atoms with van der Waals surface area (Å²) in [5.41, 5.74) is 2.19. The average molecular weight is 341 g/mol. The Morgan fingerprint density at radius 3 is 2.33 bits per heavy atom. The minimum Gasteiger partial charge on any atom is -0.384 e. The molecule has 1 aliphatic rings. The van der Waals surface area contributed by atoms with Gasteiger partial charge < -0.3 is 5.73 Å². The second-order valence-electron chi connectivity index (χ2n) is 4.94. The van der Waals surface area contributed by atoms with E-state index in [1.807, 2.05) is 5.32 Å². The van der Waals surface area contributed by atoms with Gasteiger partial charge in [0.05, 0.1) is 22.4 Å². The van der Waals surface area contributed by atoms with Crippen LogP contribution in [0.15, 0.2) is 29.1 Å². The van der Waals surface area contributed by atoms with Crippen molar-refractivity contribution < 1.29 is 27.2 Å². The van der Waals surface area contributed by atoms with Gasteiger partial charge in [0, 0.05) is 6.07 Å². The first-order valence-electron chi connectivity index (χ1n) is 6.39. The molecule has 0 radical (unpaired) electrons. The lowest BCUT2D eigenvalue weighted by molar-refractivity contribution is -0.140. The van der Waals surface area contributed by atoms with E-state index in [0.717, 1.165) is 12.1 Å². The van der Waals surface area contributed by atoms with Crippen LogP contribution < -0.4 is 16.6 Å². The number of hydrogen-bond acceptors (Lipinski definition) is 4. The number of rotatable bonds is 1. The van der Waals surface area contributed by atoms with E-state index in [1.54, 1.807) is 0 Å². The first-order chi connectivity index (χ1) is 11.1. The molecule has 1 aromatic heterocycles. The van der Waals surface area contributed by atoms with Gasteiger partial charge in [0.2, 0.25) is 0 Å². The quantitative estimate of drug-likeness (QED) is 0.607. The molecule has 0 unspecified atom stereocenters. The number of carbonyl (C=O) groups excluding carboxylic acids is 2. The van der Waals surface area contributed by atoms with E-state index in [2.05, 4.69) is 0 Å². The summed E-state index contributed by atoms with van der Waals surface area (Å²) in [5, 5.41) is 1.92. The maximum absolute atomic E-state index is 13.4. The third kappa shape index (κ3) is 2.23. The number of halogens is 4. The van der Waals surface area contributed by atoms with E-state index in [0.29, 0.717) is 16.7 Å². The molecular weight excluding hydrogens is 334 g/mol. The fraction of sp³-hybridized carbons (Fsp3) is 0.0714. The van der Waals surface area contributed by atoms with Gasteiger partial charge in [0.1, 0.15) is 11.6 Å². The highest BCUT2D eigenvalue weighted by atomic mass is 19.4. The molecule has 24 heavy (non-hydrogen) atoms. The molecule has 0 fully saturated rings. The topological polar surface area (TPSA) is 94.2 Å². The number of aromatic nitrogens is 1. The van der Waals surface area contributed by atoms with Crippen molar-refractivity contribution >= 4 is 17.6 Å². The standard InChI is InChI=1S/C14H7F4N3O3/c15-8-2-1-5(3-7(8)14(16,17)18)21-9(22)4-6-10(11(21)19)13(24)20-12(6)23/h1-4H,19H2,(H,20,23,24). The van der Waals surface area contributed by atoms with E-state index in [-0.39, 0.29) is 16.8 Å². The SMILES string of the molecule is Nc1c2c(cc(=O)n1-c1ccc(F)c(C(F)(F)F)c1)C(=O)NC2=O. The second kappa shape index (κ2) is 4.91. The molecule has 124 valence electrons. The molecule has 0 aliphatic carbocycles. The summed E-state index contributed by atoms with van der Waals surface area (Å²) < 4.78 is 52.4. The number of anilines is 1. The Bertz CT molecular complexity index is 963. The lowest BCUT2D eigenvalue weighted by Crippen LogP contribution is -2.24. The Morgan fingerprint density at radius 2 is 1.71 bits per heavy atom. The molecule has 0 bridgehead atoms. The molecule has 0 saturated heterocycles. The summed E-state index contributed by atoms with van der Waals surface area (Å²) in [6.45, 7) is 0. The fourth-order valence-corrected chi connectivity index (χ4v) is 2.42. The summed E-state index contributed by atoms with van der Waals surface area (Å²) in [5.74, 6) is -3.74. The molecule has 3 rings (SSSR count). The highest BCUT2D eigenvalue weighted by Crippen LogP contribution is 2.33. The second-order valence-corrected chi connectivity index (χ2v) is 4.94.